The molecule has 0 aliphatic carbocycles. The van der Waals surface area contributed by atoms with Crippen LogP contribution in [0.2, 0.25) is 0 Å². The molecule has 0 aromatic heterocycles. The van der Waals surface area contributed by atoms with Crippen LogP contribution in [0.15, 0.2) is 30.3 Å². The van der Waals surface area contributed by atoms with Crippen molar-refractivity contribution in [2.24, 2.45) is 0 Å². The smallest absolute Gasteiger partial charge is 0.124 e. The fourth-order valence-electron chi connectivity index (χ4n) is 1.46. The largest absolute Gasteiger partial charge is 0.358 e. The van der Waals surface area contributed by atoms with Gasteiger partial charge in [0.2, 0.25) is 0 Å². The van der Waals surface area contributed by atoms with Crippen molar-refractivity contribution in [3.05, 3.63) is 35.9 Å². The van der Waals surface area contributed by atoms with Crippen LogP contribution in [0.5, 0.6) is 0 Å². The highest BCUT2D eigenvalue weighted by atomic mass is 31.2. The van der Waals surface area contributed by atoms with Crippen LogP contribution in [0.25, 0.3) is 0 Å². The lowest BCUT2D eigenvalue weighted by Gasteiger charge is -2.17. The molecule has 3 nitrogen and oxygen atoms in total. The molecule has 0 saturated carbocycles. The minimum absolute atomic E-state index is 0.112. The Labute approximate surface area is 79.3 Å². The molecule has 2 atom stereocenters. The molecule has 0 amide bonds. The van der Waals surface area contributed by atoms with Gasteiger partial charge >= 0.3 is 0 Å². The van der Waals surface area contributed by atoms with Crippen LogP contribution in [0.4, 0.5) is 0 Å². The summed E-state index contributed by atoms with van der Waals surface area (Å²) >= 11 is 0. The van der Waals surface area contributed by atoms with Gasteiger partial charge in [-0.05, 0) is 12.6 Å². The standard InChI is InChI=1S/C9H13N2OP/c1-11-7-10-9(13(11)12)8-5-3-2-4-6-8/h2-6,9-10,12H,7H2,1H3/t9-,13?/m1/s1. The van der Waals surface area contributed by atoms with Crippen molar-refractivity contribution < 1.29 is 4.89 Å². The number of rotatable bonds is 1. The summed E-state index contributed by atoms with van der Waals surface area (Å²) in [5.41, 5.74) is 1.17. The SMILES string of the molecule is CN1CN[C@@H](c2ccccc2)P1O. The van der Waals surface area contributed by atoms with Crippen LogP contribution in [0.1, 0.15) is 11.3 Å². The summed E-state index contributed by atoms with van der Waals surface area (Å²) in [6.07, 6.45) is 0. The molecule has 1 heterocycles. The van der Waals surface area contributed by atoms with Crippen LogP contribution >= 0.6 is 8.30 Å². The Hall–Kier alpha value is -0.470. The third kappa shape index (κ3) is 1.74. The summed E-state index contributed by atoms with van der Waals surface area (Å²) in [6.45, 7) is 0.766. The molecular formula is C9H13N2OP. The lowest BCUT2D eigenvalue weighted by Crippen LogP contribution is -2.15. The second-order valence-corrected chi connectivity index (χ2v) is 4.99. The third-order valence-corrected chi connectivity index (χ3v) is 3.99. The monoisotopic (exact) mass is 196 g/mol. The second-order valence-electron chi connectivity index (χ2n) is 3.15. The van der Waals surface area contributed by atoms with Crippen LogP contribution < -0.4 is 5.32 Å². The van der Waals surface area contributed by atoms with Crippen LogP contribution in [0, 0.1) is 0 Å². The van der Waals surface area contributed by atoms with Crippen LogP contribution in [0.3, 0.4) is 0 Å². The molecule has 1 fully saturated rings. The highest BCUT2D eigenvalue weighted by Gasteiger charge is 2.30. The molecule has 0 spiro atoms. The summed E-state index contributed by atoms with van der Waals surface area (Å²) in [4.78, 5) is 9.84. The van der Waals surface area contributed by atoms with Crippen molar-refractivity contribution in [3.8, 4) is 0 Å². The molecule has 0 bridgehead atoms. The summed E-state index contributed by atoms with van der Waals surface area (Å²) in [6, 6.07) is 10.1. The maximum absolute atomic E-state index is 9.84. The van der Waals surface area contributed by atoms with Crippen molar-refractivity contribution >= 4 is 8.30 Å². The van der Waals surface area contributed by atoms with Gasteiger partial charge in [-0.25, -0.2) is 4.67 Å². The Morgan fingerprint density at radius 2 is 2.15 bits per heavy atom. The fraction of sp³-hybridized carbons (Fsp3) is 0.333. The van der Waals surface area contributed by atoms with Gasteiger partial charge < -0.3 is 4.89 Å². The lowest BCUT2D eigenvalue weighted by molar-refractivity contribution is 0.495. The van der Waals surface area contributed by atoms with Crippen LogP contribution in [-0.4, -0.2) is 23.3 Å². The molecule has 2 rings (SSSR count). The van der Waals surface area contributed by atoms with E-state index < -0.39 is 8.30 Å². The Morgan fingerprint density at radius 1 is 1.46 bits per heavy atom. The first-order chi connectivity index (χ1) is 6.29. The Bertz CT molecular complexity index is 280. The Balaban J connectivity index is 2.19. The molecule has 1 aromatic rings. The molecule has 4 heteroatoms. The van der Waals surface area contributed by atoms with Crippen molar-refractivity contribution in [2.75, 3.05) is 13.7 Å². The van der Waals surface area contributed by atoms with E-state index in [2.05, 4.69) is 5.32 Å². The zero-order valence-electron chi connectivity index (χ0n) is 7.51. The number of nitrogens with zero attached hydrogens (tertiary/aromatic N) is 1. The minimum Gasteiger partial charge on any atom is -0.358 e. The number of hydrogen-bond donors (Lipinski definition) is 2. The van der Waals surface area contributed by atoms with E-state index in [1.54, 1.807) is 0 Å². The van der Waals surface area contributed by atoms with Crippen molar-refractivity contribution in [3.63, 3.8) is 0 Å². The average molecular weight is 196 g/mol. The normalized spacial score (nSPS) is 29.4. The number of benzene rings is 1. The quantitative estimate of drug-likeness (QED) is 0.668. The first-order valence-electron chi connectivity index (χ1n) is 4.26. The molecule has 0 radical (unpaired) electrons. The first kappa shape index (κ1) is 9.10. The zero-order chi connectivity index (χ0) is 9.26. The molecular weight excluding hydrogens is 183 g/mol. The van der Waals surface area contributed by atoms with Gasteiger partial charge in [0.15, 0.2) is 0 Å². The van der Waals surface area contributed by atoms with Gasteiger partial charge in [0.05, 0.1) is 12.5 Å². The summed E-state index contributed by atoms with van der Waals surface area (Å²) in [5, 5.41) is 3.28. The summed E-state index contributed by atoms with van der Waals surface area (Å²) < 4.78 is 1.95. The van der Waals surface area contributed by atoms with Crippen molar-refractivity contribution in [1.82, 2.24) is 9.99 Å². The van der Waals surface area contributed by atoms with Gasteiger partial charge in [0, 0.05) is 0 Å². The second kappa shape index (κ2) is 3.72. The highest BCUT2D eigenvalue weighted by Crippen LogP contribution is 2.51. The van der Waals surface area contributed by atoms with Gasteiger partial charge in [0.1, 0.15) is 8.30 Å². The number of nitrogens with one attached hydrogen (secondary N) is 1. The Morgan fingerprint density at radius 3 is 2.69 bits per heavy atom. The van der Waals surface area contributed by atoms with E-state index >= 15 is 0 Å². The average Bonchev–Trinajstić information content (AvgIpc) is 2.49. The van der Waals surface area contributed by atoms with Gasteiger partial charge in [0.25, 0.3) is 0 Å². The third-order valence-electron chi connectivity index (χ3n) is 2.21. The van der Waals surface area contributed by atoms with Crippen LogP contribution in [-0.2, 0) is 0 Å². The molecule has 1 saturated heterocycles. The molecule has 13 heavy (non-hydrogen) atoms. The fourth-order valence-corrected chi connectivity index (χ4v) is 2.76. The van der Waals surface area contributed by atoms with Gasteiger partial charge in [-0.1, -0.05) is 30.3 Å². The van der Waals surface area contributed by atoms with E-state index in [0.717, 1.165) is 6.67 Å². The Kier molecular flexibility index (Phi) is 2.61. The van der Waals surface area contributed by atoms with Crippen molar-refractivity contribution in [1.29, 1.82) is 0 Å². The van der Waals surface area contributed by atoms with E-state index in [1.807, 2.05) is 42.0 Å². The zero-order valence-corrected chi connectivity index (χ0v) is 8.41. The van der Waals surface area contributed by atoms with Gasteiger partial charge in [-0.2, -0.15) is 0 Å². The summed E-state index contributed by atoms with van der Waals surface area (Å²) in [7, 11) is 0.888. The predicted molar refractivity (Wildman–Crippen MR) is 54.1 cm³/mol. The highest BCUT2D eigenvalue weighted by molar-refractivity contribution is 7.49. The summed E-state index contributed by atoms with van der Waals surface area (Å²) in [5.74, 6) is 0.112. The predicted octanol–water partition coefficient (Wildman–Crippen LogP) is 1.48. The van der Waals surface area contributed by atoms with E-state index in [1.165, 1.54) is 5.56 Å². The molecule has 70 valence electrons. The van der Waals surface area contributed by atoms with Crippen molar-refractivity contribution in [2.45, 2.75) is 5.78 Å². The molecule has 1 aliphatic rings. The number of hydrogen-bond acceptors (Lipinski definition) is 3. The van der Waals surface area contributed by atoms with E-state index in [-0.39, 0.29) is 5.78 Å². The van der Waals surface area contributed by atoms with Gasteiger partial charge in [-0.15, -0.1) is 0 Å². The topological polar surface area (TPSA) is 35.5 Å². The van der Waals surface area contributed by atoms with Gasteiger partial charge in [-0.3, -0.25) is 5.32 Å². The first-order valence-corrected chi connectivity index (χ1v) is 5.58. The molecule has 1 unspecified atom stereocenters. The maximum Gasteiger partial charge on any atom is 0.124 e. The molecule has 1 aliphatic heterocycles. The molecule has 2 N–H and O–H groups in total. The molecule has 1 aromatic carbocycles. The maximum atomic E-state index is 9.84. The minimum atomic E-state index is -1.04. The lowest BCUT2D eigenvalue weighted by atomic mass is 10.2. The van der Waals surface area contributed by atoms with E-state index in [4.69, 9.17) is 0 Å². The van der Waals surface area contributed by atoms with E-state index in [0.29, 0.717) is 0 Å². The van der Waals surface area contributed by atoms with E-state index in [9.17, 15) is 4.89 Å².